The quantitative estimate of drug-likeness (QED) is 0.636. The van der Waals surface area contributed by atoms with E-state index >= 15 is 0 Å². The lowest BCUT2D eigenvalue weighted by Crippen LogP contribution is -2.41. The molecule has 0 aromatic heterocycles. The Bertz CT molecular complexity index is 160. The Morgan fingerprint density at radius 1 is 1.36 bits per heavy atom. The lowest BCUT2D eigenvalue weighted by molar-refractivity contribution is 0.204. The van der Waals surface area contributed by atoms with Crippen molar-refractivity contribution < 1.29 is 9.90 Å². The van der Waals surface area contributed by atoms with Gasteiger partial charge in [0.2, 0.25) is 0 Å². The number of urea groups is 1. The Morgan fingerprint density at radius 3 is 2.50 bits per heavy atom. The monoisotopic (exact) mass is 202 g/mol. The molecule has 4 heteroatoms. The first-order valence-corrected chi connectivity index (χ1v) is 5.20. The van der Waals surface area contributed by atoms with Gasteiger partial charge in [-0.05, 0) is 33.1 Å². The van der Waals surface area contributed by atoms with Crippen molar-refractivity contribution in [3.05, 3.63) is 0 Å². The molecule has 2 N–H and O–H groups in total. The fourth-order valence-electron chi connectivity index (χ4n) is 1.10. The summed E-state index contributed by atoms with van der Waals surface area (Å²) in [5.74, 6) is 0. The summed E-state index contributed by atoms with van der Waals surface area (Å²) >= 11 is 0. The van der Waals surface area contributed by atoms with Crippen molar-refractivity contribution in [2.24, 2.45) is 0 Å². The molecule has 0 saturated heterocycles. The largest absolute Gasteiger partial charge is 0.396 e. The van der Waals surface area contributed by atoms with E-state index in [0.29, 0.717) is 0 Å². The smallest absolute Gasteiger partial charge is 0.317 e. The number of aliphatic hydroxyl groups is 1. The second kappa shape index (κ2) is 7.62. The number of carbonyl (C=O) groups excluding carboxylic acids is 1. The molecule has 4 nitrogen and oxygen atoms in total. The predicted molar refractivity (Wildman–Crippen MR) is 57.2 cm³/mol. The average molecular weight is 202 g/mol. The molecule has 0 aliphatic heterocycles. The molecule has 0 spiro atoms. The van der Waals surface area contributed by atoms with E-state index in [9.17, 15) is 4.79 Å². The van der Waals surface area contributed by atoms with Gasteiger partial charge >= 0.3 is 6.03 Å². The second-order valence-corrected chi connectivity index (χ2v) is 3.81. The van der Waals surface area contributed by atoms with Gasteiger partial charge in [-0.25, -0.2) is 4.79 Å². The third kappa shape index (κ3) is 6.71. The molecule has 0 aliphatic carbocycles. The minimum atomic E-state index is -0.0241. The lowest BCUT2D eigenvalue weighted by Gasteiger charge is -2.19. The molecule has 0 aromatic carbocycles. The van der Waals surface area contributed by atoms with Gasteiger partial charge in [-0.2, -0.15) is 0 Å². The summed E-state index contributed by atoms with van der Waals surface area (Å²) in [6.07, 6.45) is 2.73. The lowest BCUT2D eigenvalue weighted by atomic mass is 10.2. The summed E-state index contributed by atoms with van der Waals surface area (Å²) in [6.45, 7) is 4.87. The van der Waals surface area contributed by atoms with Crippen LogP contribution in [0.4, 0.5) is 4.79 Å². The number of nitrogens with one attached hydrogen (secondary N) is 1. The standard InChI is InChI=1S/C10H22N2O2/c1-9(2)11-10(14)12(3)7-5-4-6-8-13/h9,13H,4-8H2,1-3H3,(H,11,14). The topological polar surface area (TPSA) is 52.6 Å². The van der Waals surface area contributed by atoms with Crippen LogP contribution in [0.2, 0.25) is 0 Å². The van der Waals surface area contributed by atoms with Crippen molar-refractivity contribution in [2.75, 3.05) is 20.2 Å². The van der Waals surface area contributed by atoms with Crippen LogP contribution in [-0.4, -0.2) is 42.3 Å². The first-order chi connectivity index (χ1) is 6.57. The molecule has 0 heterocycles. The van der Waals surface area contributed by atoms with Gasteiger partial charge in [-0.15, -0.1) is 0 Å². The minimum absolute atomic E-state index is 0.0241. The van der Waals surface area contributed by atoms with Crippen LogP contribution in [0.25, 0.3) is 0 Å². The Hall–Kier alpha value is -0.770. The number of aliphatic hydroxyl groups excluding tert-OH is 1. The summed E-state index contributed by atoms with van der Waals surface area (Å²) in [4.78, 5) is 13.1. The van der Waals surface area contributed by atoms with E-state index < -0.39 is 0 Å². The van der Waals surface area contributed by atoms with E-state index in [1.807, 2.05) is 13.8 Å². The summed E-state index contributed by atoms with van der Waals surface area (Å²) in [6, 6.07) is 0.159. The third-order valence-electron chi connectivity index (χ3n) is 1.91. The molecule has 2 amide bonds. The van der Waals surface area contributed by atoms with Gasteiger partial charge in [0.05, 0.1) is 0 Å². The van der Waals surface area contributed by atoms with E-state index in [-0.39, 0.29) is 18.7 Å². The van der Waals surface area contributed by atoms with Gasteiger partial charge in [0, 0.05) is 26.2 Å². The molecule has 0 aliphatic rings. The predicted octanol–water partition coefficient (Wildman–Crippen LogP) is 1.20. The van der Waals surface area contributed by atoms with Crippen LogP contribution in [0.1, 0.15) is 33.1 Å². The Morgan fingerprint density at radius 2 is 2.00 bits per heavy atom. The molecule has 0 fully saturated rings. The highest BCUT2D eigenvalue weighted by molar-refractivity contribution is 5.74. The van der Waals surface area contributed by atoms with Gasteiger partial charge in [-0.1, -0.05) is 0 Å². The van der Waals surface area contributed by atoms with Crippen LogP contribution >= 0.6 is 0 Å². The number of hydrogen-bond donors (Lipinski definition) is 2. The molecule has 0 radical (unpaired) electrons. The number of carbonyl (C=O) groups is 1. The number of hydrogen-bond acceptors (Lipinski definition) is 2. The highest BCUT2D eigenvalue weighted by Gasteiger charge is 2.07. The average Bonchev–Trinajstić information content (AvgIpc) is 2.11. The summed E-state index contributed by atoms with van der Waals surface area (Å²) in [5.41, 5.74) is 0. The molecule has 0 saturated carbocycles. The highest BCUT2D eigenvalue weighted by Crippen LogP contribution is 1.97. The molecule has 0 aromatic rings. The van der Waals surface area contributed by atoms with Crippen molar-refractivity contribution in [3.8, 4) is 0 Å². The Labute approximate surface area is 86.3 Å². The van der Waals surface area contributed by atoms with Gasteiger partial charge in [0.25, 0.3) is 0 Å². The van der Waals surface area contributed by atoms with Crippen molar-refractivity contribution in [3.63, 3.8) is 0 Å². The van der Waals surface area contributed by atoms with Crippen molar-refractivity contribution >= 4 is 6.03 Å². The zero-order chi connectivity index (χ0) is 11.0. The molecular weight excluding hydrogens is 180 g/mol. The maximum atomic E-state index is 11.4. The Kier molecular flexibility index (Phi) is 7.20. The fraction of sp³-hybridized carbons (Fsp3) is 0.900. The van der Waals surface area contributed by atoms with Crippen molar-refractivity contribution in [2.45, 2.75) is 39.2 Å². The molecule has 84 valence electrons. The maximum absolute atomic E-state index is 11.4. The van der Waals surface area contributed by atoms with Crippen molar-refractivity contribution in [1.29, 1.82) is 0 Å². The van der Waals surface area contributed by atoms with Gasteiger partial charge in [0.15, 0.2) is 0 Å². The highest BCUT2D eigenvalue weighted by atomic mass is 16.2. The molecule has 0 rings (SSSR count). The SMILES string of the molecule is CC(C)NC(=O)N(C)CCCCCO. The molecule has 0 unspecified atom stereocenters. The van der Waals surface area contributed by atoms with Gasteiger partial charge in [0.1, 0.15) is 0 Å². The molecular formula is C10H22N2O2. The zero-order valence-corrected chi connectivity index (χ0v) is 9.42. The summed E-state index contributed by atoms with van der Waals surface area (Å²) in [7, 11) is 1.79. The first kappa shape index (κ1) is 13.2. The van der Waals surface area contributed by atoms with E-state index in [4.69, 9.17) is 5.11 Å². The number of rotatable bonds is 6. The van der Waals surface area contributed by atoms with E-state index in [1.54, 1.807) is 11.9 Å². The maximum Gasteiger partial charge on any atom is 0.317 e. The van der Waals surface area contributed by atoms with Gasteiger partial charge in [-0.3, -0.25) is 0 Å². The number of unbranched alkanes of at least 4 members (excludes halogenated alkanes) is 2. The minimum Gasteiger partial charge on any atom is -0.396 e. The Balaban J connectivity index is 3.52. The summed E-state index contributed by atoms with van der Waals surface area (Å²) in [5, 5.41) is 11.4. The van der Waals surface area contributed by atoms with E-state index in [0.717, 1.165) is 25.8 Å². The zero-order valence-electron chi connectivity index (χ0n) is 9.42. The second-order valence-electron chi connectivity index (χ2n) is 3.81. The van der Waals surface area contributed by atoms with Crippen LogP contribution in [0.3, 0.4) is 0 Å². The fourth-order valence-corrected chi connectivity index (χ4v) is 1.10. The first-order valence-electron chi connectivity index (χ1n) is 5.20. The number of nitrogens with zero attached hydrogens (tertiary/aromatic N) is 1. The van der Waals surface area contributed by atoms with Crippen LogP contribution in [0.15, 0.2) is 0 Å². The van der Waals surface area contributed by atoms with Crippen LogP contribution < -0.4 is 5.32 Å². The van der Waals surface area contributed by atoms with Crippen LogP contribution in [-0.2, 0) is 0 Å². The van der Waals surface area contributed by atoms with Gasteiger partial charge < -0.3 is 15.3 Å². The summed E-state index contributed by atoms with van der Waals surface area (Å²) < 4.78 is 0. The number of amides is 2. The van der Waals surface area contributed by atoms with E-state index in [1.165, 1.54) is 0 Å². The van der Waals surface area contributed by atoms with Crippen LogP contribution in [0.5, 0.6) is 0 Å². The van der Waals surface area contributed by atoms with Crippen molar-refractivity contribution in [1.82, 2.24) is 10.2 Å². The molecule has 0 bridgehead atoms. The molecule has 14 heavy (non-hydrogen) atoms. The van der Waals surface area contributed by atoms with E-state index in [2.05, 4.69) is 5.32 Å². The normalized spacial score (nSPS) is 10.4. The molecule has 0 atom stereocenters. The third-order valence-corrected chi connectivity index (χ3v) is 1.91. The van der Waals surface area contributed by atoms with Crippen LogP contribution in [0, 0.1) is 0 Å².